The van der Waals surface area contributed by atoms with E-state index in [0.717, 1.165) is 66.8 Å². The van der Waals surface area contributed by atoms with Crippen LogP contribution in [0.5, 0.6) is 11.5 Å². The van der Waals surface area contributed by atoms with Gasteiger partial charge in [-0.3, -0.25) is 19.7 Å². The van der Waals surface area contributed by atoms with Crippen LogP contribution in [0.15, 0.2) is 95.3 Å². The van der Waals surface area contributed by atoms with Crippen molar-refractivity contribution in [2.75, 3.05) is 13.7 Å². The second-order valence-corrected chi connectivity index (χ2v) is 11.2. The van der Waals surface area contributed by atoms with E-state index in [-0.39, 0.29) is 23.9 Å². The van der Waals surface area contributed by atoms with Gasteiger partial charge in [0.2, 0.25) is 0 Å². The van der Waals surface area contributed by atoms with Crippen LogP contribution in [0.2, 0.25) is 0 Å². The number of carbonyl (C=O) groups is 2. The lowest BCUT2D eigenvalue weighted by Gasteiger charge is -2.44. The van der Waals surface area contributed by atoms with Crippen LogP contribution in [0.1, 0.15) is 61.1 Å². The molecule has 3 aliphatic rings. The maximum atomic E-state index is 13.6. The number of benzene rings is 3. The third kappa shape index (κ3) is 5.69. The zero-order chi connectivity index (χ0) is 29.9. The van der Waals surface area contributed by atoms with Crippen LogP contribution in [0.25, 0.3) is 0 Å². The summed E-state index contributed by atoms with van der Waals surface area (Å²) in [6.07, 6.45) is 4.98. The summed E-state index contributed by atoms with van der Waals surface area (Å²) in [5, 5.41) is 11.2. The molecule has 0 saturated heterocycles. The molecule has 0 atom stereocenters. The summed E-state index contributed by atoms with van der Waals surface area (Å²) in [7, 11) is 1.55. The normalized spacial score (nSPS) is 17.1. The highest BCUT2D eigenvalue weighted by molar-refractivity contribution is 6.06. The van der Waals surface area contributed by atoms with Crippen LogP contribution in [-0.2, 0) is 22.6 Å². The zero-order valence-electron chi connectivity index (χ0n) is 24.2. The summed E-state index contributed by atoms with van der Waals surface area (Å²) in [6, 6.07) is 22.2. The summed E-state index contributed by atoms with van der Waals surface area (Å²) in [6.45, 7) is 0.849. The Morgan fingerprint density at radius 1 is 0.814 bits per heavy atom. The van der Waals surface area contributed by atoms with Gasteiger partial charge in [0.25, 0.3) is 5.69 Å². The largest absolute Gasteiger partial charge is 0.493 e. The minimum absolute atomic E-state index is 0.000907. The molecule has 8 heteroatoms. The van der Waals surface area contributed by atoms with Gasteiger partial charge >= 0.3 is 0 Å². The van der Waals surface area contributed by atoms with Crippen LogP contribution in [-0.4, -0.2) is 35.0 Å². The Morgan fingerprint density at radius 2 is 1.49 bits per heavy atom. The van der Waals surface area contributed by atoms with Crippen molar-refractivity contribution in [2.24, 2.45) is 0 Å². The van der Waals surface area contributed by atoms with Gasteiger partial charge in [-0.2, -0.15) is 0 Å². The van der Waals surface area contributed by atoms with Crippen LogP contribution >= 0.6 is 0 Å². The first-order chi connectivity index (χ1) is 20.9. The van der Waals surface area contributed by atoms with Crippen LogP contribution in [0, 0.1) is 10.1 Å². The van der Waals surface area contributed by atoms with Gasteiger partial charge in [-0.05, 0) is 60.9 Å². The molecule has 0 unspecified atom stereocenters. The monoisotopic (exact) mass is 578 g/mol. The molecule has 6 rings (SSSR count). The van der Waals surface area contributed by atoms with E-state index in [1.807, 2.05) is 30.3 Å². The number of hydrogen-bond acceptors (Lipinski definition) is 7. The fourth-order valence-corrected chi connectivity index (χ4v) is 6.61. The predicted molar refractivity (Wildman–Crippen MR) is 162 cm³/mol. The smallest absolute Gasteiger partial charge is 0.269 e. The number of hydrogen-bond donors (Lipinski definition) is 0. The first-order valence-corrected chi connectivity index (χ1v) is 14.8. The molecule has 0 radical (unpaired) electrons. The number of ether oxygens (including phenoxy) is 2. The summed E-state index contributed by atoms with van der Waals surface area (Å²) in [5.41, 5.74) is 6.29. The van der Waals surface area contributed by atoms with Crippen LogP contribution < -0.4 is 9.47 Å². The standard InChI is InChI=1S/C35H34N2O6/c1-42-32-21-25(16-17-31(32)43-22-24-10-5-11-26(20-24)37(40)41)33-34-27(12-6-14-29(34)38)36(19-18-23-8-3-2-4-9-23)28-13-7-15-30(39)35(28)33/h2-5,8-11,16-17,20-21,33H,6-7,12-15,18-19,22H2,1H3. The Hall–Kier alpha value is -4.72. The molecule has 0 bridgehead atoms. The molecular weight excluding hydrogens is 544 g/mol. The van der Waals surface area contributed by atoms with E-state index < -0.39 is 10.8 Å². The van der Waals surface area contributed by atoms with Crippen molar-refractivity contribution in [3.05, 3.63) is 122 Å². The molecule has 8 nitrogen and oxygen atoms in total. The van der Waals surface area contributed by atoms with Gasteiger partial charge < -0.3 is 14.4 Å². The topological polar surface area (TPSA) is 99.0 Å². The molecule has 3 aromatic carbocycles. The molecule has 0 spiro atoms. The third-order valence-corrected chi connectivity index (χ3v) is 8.59. The number of carbonyl (C=O) groups excluding carboxylic acids is 2. The average molecular weight is 579 g/mol. The SMILES string of the molecule is COc1cc(C2C3=C(CCCC3=O)N(CCc3ccccc3)C3=C2C(=O)CCC3)ccc1OCc1cccc([N+](=O)[O-])c1. The number of nitro groups is 1. The van der Waals surface area contributed by atoms with Crippen molar-refractivity contribution in [1.29, 1.82) is 0 Å². The van der Waals surface area contributed by atoms with Gasteiger partial charge in [-0.15, -0.1) is 0 Å². The molecule has 3 aromatic rings. The van der Waals surface area contributed by atoms with E-state index >= 15 is 0 Å². The minimum atomic E-state index is -0.446. The molecule has 1 heterocycles. The van der Waals surface area contributed by atoms with Gasteiger partial charge in [0.15, 0.2) is 23.1 Å². The molecule has 0 fully saturated rings. The summed E-state index contributed by atoms with van der Waals surface area (Å²) in [4.78, 5) is 40.3. The Kier molecular flexibility index (Phi) is 8.09. The van der Waals surface area contributed by atoms with Gasteiger partial charge in [0, 0.05) is 60.0 Å². The molecule has 0 aromatic heterocycles. The van der Waals surface area contributed by atoms with Crippen molar-refractivity contribution in [1.82, 2.24) is 4.90 Å². The Labute approximate surface area is 250 Å². The highest BCUT2D eigenvalue weighted by Crippen LogP contribution is 2.50. The molecular formula is C35H34N2O6. The molecule has 0 saturated carbocycles. The van der Waals surface area contributed by atoms with E-state index in [4.69, 9.17) is 9.47 Å². The second kappa shape index (κ2) is 12.3. The number of Topliss-reactive ketones (excluding diaryl/α,β-unsaturated/α-hetero) is 2. The van der Waals surface area contributed by atoms with Crippen molar-refractivity contribution in [2.45, 2.75) is 57.5 Å². The highest BCUT2D eigenvalue weighted by Gasteiger charge is 2.43. The maximum Gasteiger partial charge on any atom is 0.269 e. The van der Waals surface area contributed by atoms with Gasteiger partial charge in [0.1, 0.15) is 6.61 Å². The van der Waals surface area contributed by atoms with Crippen molar-refractivity contribution in [3.63, 3.8) is 0 Å². The van der Waals surface area contributed by atoms with Gasteiger partial charge in [0.05, 0.1) is 12.0 Å². The summed E-state index contributed by atoms with van der Waals surface area (Å²) < 4.78 is 11.7. The molecule has 1 aliphatic heterocycles. The molecule has 2 aliphatic carbocycles. The number of rotatable bonds is 9. The van der Waals surface area contributed by atoms with E-state index in [1.54, 1.807) is 25.3 Å². The highest BCUT2D eigenvalue weighted by atomic mass is 16.6. The minimum Gasteiger partial charge on any atom is -0.493 e. The number of ketones is 2. The number of nitro benzene ring substituents is 1. The van der Waals surface area contributed by atoms with E-state index in [1.165, 1.54) is 17.7 Å². The lowest BCUT2D eigenvalue weighted by Crippen LogP contribution is -2.39. The van der Waals surface area contributed by atoms with Crippen LogP contribution in [0.3, 0.4) is 0 Å². The second-order valence-electron chi connectivity index (χ2n) is 11.2. The van der Waals surface area contributed by atoms with E-state index in [2.05, 4.69) is 17.0 Å². The summed E-state index contributed by atoms with van der Waals surface area (Å²) in [5.74, 6) is 0.714. The first kappa shape index (κ1) is 28.4. The number of allylic oxidation sites excluding steroid dienone is 4. The van der Waals surface area contributed by atoms with E-state index in [0.29, 0.717) is 29.9 Å². The van der Waals surface area contributed by atoms with Gasteiger partial charge in [-0.25, -0.2) is 0 Å². The van der Waals surface area contributed by atoms with E-state index in [9.17, 15) is 19.7 Å². The lowest BCUT2D eigenvalue weighted by atomic mass is 9.71. The van der Waals surface area contributed by atoms with Crippen molar-refractivity contribution in [3.8, 4) is 11.5 Å². The molecule has 43 heavy (non-hydrogen) atoms. The third-order valence-electron chi connectivity index (χ3n) is 8.59. The Balaban J connectivity index is 1.36. The molecule has 0 amide bonds. The fourth-order valence-electron chi connectivity index (χ4n) is 6.61. The zero-order valence-corrected chi connectivity index (χ0v) is 24.2. The maximum absolute atomic E-state index is 13.6. The molecule has 220 valence electrons. The fraction of sp³-hybridized carbons (Fsp3) is 0.314. The van der Waals surface area contributed by atoms with Crippen molar-refractivity contribution < 1.29 is 24.0 Å². The molecule has 0 N–H and O–H groups in total. The van der Waals surface area contributed by atoms with Crippen molar-refractivity contribution >= 4 is 17.3 Å². The quantitative estimate of drug-likeness (QED) is 0.203. The Morgan fingerprint density at radius 3 is 2.14 bits per heavy atom. The Bertz CT molecular complexity index is 1600. The van der Waals surface area contributed by atoms with Gasteiger partial charge in [-0.1, -0.05) is 48.5 Å². The predicted octanol–water partition coefficient (Wildman–Crippen LogP) is 6.84. The summed E-state index contributed by atoms with van der Waals surface area (Å²) >= 11 is 0. The first-order valence-electron chi connectivity index (χ1n) is 14.8. The lowest BCUT2D eigenvalue weighted by molar-refractivity contribution is -0.384. The van der Waals surface area contributed by atoms with Crippen LogP contribution in [0.4, 0.5) is 5.69 Å². The average Bonchev–Trinajstić information content (AvgIpc) is 3.03. The number of nitrogens with zero attached hydrogens (tertiary/aromatic N) is 2. The number of methoxy groups -OCH3 is 1. The number of non-ortho nitro benzene ring substituents is 1.